The van der Waals surface area contributed by atoms with Crippen LogP contribution in [0.1, 0.15) is 38.7 Å². The van der Waals surface area contributed by atoms with E-state index in [9.17, 15) is 14.4 Å². The molecule has 0 bridgehead atoms. The summed E-state index contributed by atoms with van der Waals surface area (Å²) in [6.07, 6.45) is 1.87. The van der Waals surface area contributed by atoms with Gasteiger partial charge in [0.05, 0.1) is 25.0 Å². The van der Waals surface area contributed by atoms with Crippen LogP contribution in [0.4, 0.5) is 4.79 Å². The van der Waals surface area contributed by atoms with E-state index in [0.717, 1.165) is 5.56 Å². The highest BCUT2D eigenvalue weighted by Gasteiger charge is 2.44. The molecule has 160 valence electrons. The van der Waals surface area contributed by atoms with E-state index in [4.69, 9.17) is 21.1 Å². The molecule has 1 aliphatic heterocycles. The predicted octanol–water partition coefficient (Wildman–Crippen LogP) is 3.19. The monoisotopic (exact) mass is 424 g/mol. The van der Waals surface area contributed by atoms with Gasteiger partial charge in [-0.3, -0.25) is 9.59 Å². The molecule has 1 aromatic rings. The molecule has 1 heterocycles. The number of carbonyl (C=O) groups excluding carboxylic acids is 3. The summed E-state index contributed by atoms with van der Waals surface area (Å²) >= 11 is 6.10. The lowest BCUT2D eigenvalue weighted by molar-refractivity contribution is -0.158. The molecule has 1 aliphatic rings. The molecule has 0 unspecified atom stereocenters. The summed E-state index contributed by atoms with van der Waals surface area (Å²) in [5.74, 6) is -0.655. The molecule has 0 radical (unpaired) electrons. The van der Waals surface area contributed by atoms with E-state index in [1.807, 2.05) is 18.2 Å². The molecule has 1 saturated heterocycles. The Morgan fingerprint density at radius 3 is 2.66 bits per heavy atom. The number of amides is 2. The topological polar surface area (TPSA) is 84.9 Å². The number of hydrogen-bond donors (Lipinski definition) is 1. The van der Waals surface area contributed by atoms with Crippen molar-refractivity contribution < 1.29 is 23.9 Å². The average Bonchev–Trinajstić information content (AvgIpc) is 2.68. The zero-order valence-electron chi connectivity index (χ0n) is 17.0. The minimum Gasteiger partial charge on any atom is -0.466 e. The number of nitrogens with zero attached hydrogens (tertiary/aromatic N) is 1. The van der Waals surface area contributed by atoms with Crippen molar-refractivity contribution in [1.29, 1.82) is 0 Å². The Morgan fingerprint density at radius 2 is 1.97 bits per heavy atom. The van der Waals surface area contributed by atoms with Gasteiger partial charge in [0.15, 0.2) is 0 Å². The van der Waals surface area contributed by atoms with Gasteiger partial charge in [-0.05, 0) is 50.8 Å². The number of urea groups is 1. The van der Waals surface area contributed by atoms with Gasteiger partial charge in [0.1, 0.15) is 0 Å². The second-order valence-corrected chi connectivity index (χ2v) is 7.56. The first-order valence-corrected chi connectivity index (χ1v) is 10.4. The van der Waals surface area contributed by atoms with Crippen LogP contribution in [0.25, 0.3) is 0 Å². The number of piperidine rings is 1. The van der Waals surface area contributed by atoms with Crippen LogP contribution in [0.5, 0.6) is 0 Å². The Hall–Kier alpha value is -2.28. The largest absolute Gasteiger partial charge is 0.466 e. The molecule has 0 aliphatic carbocycles. The fourth-order valence-electron chi connectivity index (χ4n) is 3.63. The van der Waals surface area contributed by atoms with Crippen LogP contribution in [0.15, 0.2) is 24.3 Å². The SMILES string of the molecule is CCOC(=O)CCNC(=O)N1CCC[C@@](Cc2cccc(Cl)c2)(C(=O)OCC)C1. The molecule has 7 nitrogen and oxygen atoms in total. The van der Waals surface area contributed by atoms with Gasteiger partial charge < -0.3 is 19.7 Å². The number of ether oxygens (including phenoxy) is 2. The van der Waals surface area contributed by atoms with Crippen LogP contribution in [0.3, 0.4) is 0 Å². The quantitative estimate of drug-likeness (QED) is 0.648. The molecule has 1 N–H and O–H groups in total. The van der Waals surface area contributed by atoms with Crippen molar-refractivity contribution >= 4 is 29.6 Å². The van der Waals surface area contributed by atoms with Crippen LogP contribution < -0.4 is 5.32 Å². The highest BCUT2D eigenvalue weighted by atomic mass is 35.5. The second kappa shape index (κ2) is 11.0. The highest BCUT2D eigenvalue weighted by molar-refractivity contribution is 6.30. The first kappa shape index (κ1) is 23.0. The van der Waals surface area contributed by atoms with Gasteiger partial charge >= 0.3 is 18.0 Å². The van der Waals surface area contributed by atoms with Gasteiger partial charge in [0.25, 0.3) is 0 Å². The van der Waals surface area contributed by atoms with Crippen molar-refractivity contribution in [3.63, 3.8) is 0 Å². The lowest BCUT2D eigenvalue weighted by Crippen LogP contribution is -2.54. The normalized spacial score (nSPS) is 18.8. The zero-order chi connectivity index (χ0) is 21.3. The van der Waals surface area contributed by atoms with Crippen LogP contribution >= 0.6 is 11.6 Å². The van der Waals surface area contributed by atoms with Gasteiger partial charge in [0.2, 0.25) is 0 Å². The van der Waals surface area contributed by atoms with Gasteiger partial charge in [-0.25, -0.2) is 4.79 Å². The summed E-state index contributed by atoms with van der Waals surface area (Å²) in [4.78, 5) is 38.5. The number of rotatable bonds is 8. The summed E-state index contributed by atoms with van der Waals surface area (Å²) in [5, 5.41) is 3.34. The molecule has 8 heteroatoms. The van der Waals surface area contributed by atoms with E-state index < -0.39 is 5.41 Å². The molecule has 0 aromatic heterocycles. The zero-order valence-corrected chi connectivity index (χ0v) is 17.8. The van der Waals surface area contributed by atoms with Crippen LogP contribution in [-0.2, 0) is 25.5 Å². The number of halogens is 1. The van der Waals surface area contributed by atoms with Gasteiger partial charge in [0, 0.05) is 24.7 Å². The van der Waals surface area contributed by atoms with Crippen molar-refractivity contribution in [3.05, 3.63) is 34.9 Å². The van der Waals surface area contributed by atoms with E-state index in [0.29, 0.717) is 37.4 Å². The average molecular weight is 425 g/mol. The van der Waals surface area contributed by atoms with Crippen molar-refractivity contribution in [3.8, 4) is 0 Å². The van der Waals surface area contributed by atoms with E-state index in [1.54, 1.807) is 24.8 Å². The molecular formula is C21H29ClN2O5. The Morgan fingerprint density at radius 1 is 1.21 bits per heavy atom. The minimum atomic E-state index is -0.822. The number of benzene rings is 1. The van der Waals surface area contributed by atoms with Crippen molar-refractivity contribution in [1.82, 2.24) is 10.2 Å². The number of carbonyl (C=O) groups is 3. The number of likely N-dealkylation sites (tertiary alicyclic amines) is 1. The third-order valence-electron chi connectivity index (χ3n) is 4.91. The Labute approximate surface area is 176 Å². The maximum atomic E-state index is 12.9. The smallest absolute Gasteiger partial charge is 0.317 e. The Balaban J connectivity index is 2.08. The molecule has 2 amide bonds. The van der Waals surface area contributed by atoms with Gasteiger partial charge in [-0.1, -0.05) is 23.7 Å². The van der Waals surface area contributed by atoms with E-state index in [-0.39, 0.29) is 44.1 Å². The van der Waals surface area contributed by atoms with Crippen LogP contribution in [0, 0.1) is 5.41 Å². The molecule has 0 spiro atoms. The molecular weight excluding hydrogens is 396 g/mol. The number of nitrogens with one attached hydrogen (secondary N) is 1. The summed E-state index contributed by atoms with van der Waals surface area (Å²) in [6.45, 7) is 5.08. The molecule has 1 fully saturated rings. The third kappa shape index (κ3) is 6.63. The minimum absolute atomic E-state index is 0.110. The summed E-state index contributed by atoms with van der Waals surface area (Å²) in [5.41, 5.74) is 0.104. The maximum absolute atomic E-state index is 12.9. The summed E-state index contributed by atoms with van der Waals surface area (Å²) < 4.78 is 10.2. The van der Waals surface area contributed by atoms with Gasteiger partial charge in [-0.2, -0.15) is 0 Å². The Bertz CT molecular complexity index is 727. The fraction of sp³-hybridized carbons (Fsp3) is 0.571. The first-order valence-electron chi connectivity index (χ1n) is 10.00. The molecule has 2 rings (SSSR count). The standard InChI is InChI=1S/C21H29ClN2O5/c1-3-28-18(25)9-11-23-20(27)24-12-6-10-21(15-24,19(26)29-4-2)14-16-7-5-8-17(22)13-16/h5,7-8,13H,3-4,6,9-12,14-15H2,1-2H3,(H,23,27)/t21-/m0/s1. The number of esters is 2. The highest BCUT2D eigenvalue weighted by Crippen LogP contribution is 2.36. The van der Waals surface area contributed by atoms with Crippen LogP contribution in [-0.4, -0.2) is 55.7 Å². The predicted molar refractivity (Wildman–Crippen MR) is 110 cm³/mol. The molecule has 1 aromatic carbocycles. The van der Waals surface area contributed by atoms with Crippen molar-refractivity contribution in [2.45, 2.75) is 39.5 Å². The number of hydrogen-bond acceptors (Lipinski definition) is 5. The lowest BCUT2D eigenvalue weighted by atomic mass is 9.75. The molecule has 1 atom stereocenters. The summed E-state index contributed by atoms with van der Waals surface area (Å²) in [7, 11) is 0. The first-order chi connectivity index (χ1) is 13.9. The third-order valence-corrected chi connectivity index (χ3v) is 5.15. The van der Waals surface area contributed by atoms with Crippen molar-refractivity contribution in [2.24, 2.45) is 5.41 Å². The van der Waals surface area contributed by atoms with E-state index in [2.05, 4.69) is 5.32 Å². The second-order valence-electron chi connectivity index (χ2n) is 7.12. The van der Waals surface area contributed by atoms with Crippen molar-refractivity contribution in [2.75, 3.05) is 32.8 Å². The molecule has 29 heavy (non-hydrogen) atoms. The molecule has 0 saturated carbocycles. The van der Waals surface area contributed by atoms with E-state index >= 15 is 0 Å². The maximum Gasteiger partial charge on any atom is 0.317 e. The Kier molecular flexibility index (Phi) is 8.76. The van der Waals surface area contributed by atoms with Gasteiger partial charge in [-0.15, -0.1) is 0 Å². The fourth-order valence-corrected chi connectivity index (χ4v) is 3.84. The van der Waals surface area contributed by atoms with Crippen LogP contribution in [0.2, 0.25) is 5.02 Å². The lowest BCUT2D eigenvalue weighted by Gasteiger charge is -2.41. The van der Waals surface area contributed by atoms with E-state index in [1.165, 1.54) is 0 Å². The summed E-state index contributed by atoms with van der Waals surface area (Å²) in [6, 6.07) is 7.09.